The number of allylic oxidation sites excluding steroid dienone is 2. The predicted octanol–water partition coefficient (Wildman–Crippen LogP) is 4.40. The van der Waals surface area contributed by atoms with Crippen LogP contribution < -0.4 is 0 Å². The quantitative estimate of drug-likeness (QED) is 0.648. The van der Waals surface area contributed by atoms with Gasteiger partial charge in [0.2, 0.25) is 0 Å². The molecule has 1 aromatic rings. The lowest BCUT2D eigenvalue weighted by molar-refractivity contribution is 1.50. The van der Waals surface area contributed by atoms with E-state index in [1.165, 1.54) is 11.1 Å². The van der Waals surface area contributed by atoms with Gasteiger partial charge in [-0.1, -0.05) is 48.6 Å². The Bertz CT molecular complexity index is 291. The third kappa shape index (κ3) is 2.78. The first kappa shape index (κ1) is 12.0. The van der Waals surface area contributed by atoms with Crippen molar-refractivity contribution >= 4 is 24.6 Å². The van der Waals surface area contributed by atoms with Crippen molar-refractivity contribution in [2.45, 2.75) is 13.8 Å². The van der Waals surface area contributed by atoms with Crippen LogP contribution in [-0.4, -0.2) is 0 Å². The monoisotopic (exact) mass is 190 g/mol. The van der Waals surface area contributed by atoms with Gasteiger partial charge >= 0.3 is 0 Å². The van der Waals surface area contributed by atoms with E-state index in [-0.39, 0.29) is 13.5 Å². The summed E-state index contributed by atoms with van der Waals surface area (Å²) in [5.41, 5.74) is 4.58. The van der Waals surface area contributed by atoms with E-state index in [1.54, 1.807) is 0 Å². The van der Waals surface area contributed by atoms with Crippen LogP contribution in [0.25, 0.3) is 11.1 Å². The Morgan fingerprint density at radius 1 is 0.923 bits per heavy atom. The molecule has 0 aliphatic heterocycles. The molecule has 1 aromatic carbocycles. The molecule has 0 atom stereocenters. The molecule has 0 aromatic heterocycles. The predicted molar refractivity (Wildman–Crippen MR) is 63.4 cm³/mol. The number of hydrogen-bond acceptors (Lipinski definition) is 0. The molecule has 0 spiro atoms. The molecule has 1 heteroatoms. The van der Waals surface area contributed by atoms with E-state index in [2.05, 4.69) is 25.3 Å². The van der Waals surface area contributed by atoms with Crippen LogP contribution in [0.1, 0.15) is 25.0 Å². The van der Waals surface area contributed by atoms with Crippen molar-refractivity contribution in [2.24, 2.45) is 0 Å². The van der Waals surface area contributed by atoms with E-state index >= 15 is 0 Å². The summed E-state index contributed by atoms with van der Waals surface area (Å²) < 4.78 is 0. The van der Waals surface area contributed by atoms with E-state index in [4.69, 9.17) is 0 Å². The first-order chi connectivity index (χ1) is 5.63. The summed E-state index contributed by atoms with van der Waals surface area (Å²) >= 11 is 0. The molecule has 0 bridgehead atoms. The van der Waals surface area contributed by atoms with E-state index in [0.717, 1.165) is 11.1 Å². The second-order valence-electron chi connectivity index (χ2n) is 3.11. The van der Waals surface area contributed by atoms with Crippen molar-refractivity contribution < 1.29 is 0 Å². The smallest absolute Gasteiger partial charge is 0 e. The van der Waals surface area contributed by atoms with Gasteiger partial charge < -0.3 is 0 Å². The third-order valence-electron chi connectivity index (χ3n) is 1.85. The largest absolute Gasteiger partial charge is 0.0955 e. The fourth-order valence-corrected chi connectivity index (χ4v) is 1.23. The van der Waals surface area contributed by atoms with Gasteiger partial charge in [-0.05, 0) is 25.0 Å². The van der Waals surface area contributed by atoms with Gasteiger partial charge in [-0.2, -0.15) is 0 Å². The lowest BCUT2D eigenvalue weighted by Gasteiger charge is -2.07. The van der Waals surface area contributed by atoms with E-state index in [9.17, 15) is 0 Å². The van der Waals surface area contributed by atoms with E-state index in [1.807, 2.05) is 26.0 Å². The number of rotatable bonds is 2. The highest BCUT2D eigenvalue weighted by Gasteiger charge is 2.00. The maximum Gasteiger partial charge on any atom is 0 e. The minimum Gasteiger partial charge on any atom is -0.0955 e. The van der Waals surface area contributed by atoms with Gasteiger partial charge in [-0.25, -0.2) is 0 Å². The zero-order valence-corrected chi connectivity index (χ0v) is 8.95. The molecule has 13 heavy (non-hydrogen) atoms. The highest BCUT2D eigenvalue weighted by Crippen LogP contribution is 2.22. The average molecular weight is 190 g/mol. The molecule has 1 rings (SSSR count). The van der Waals surface area contributed by atoms with E-state index < -0.39 is 0 Å². The van der Waals surface area contributed by atoms with Gasteiger partial charge in [0.15, 0.2) is 0 Å². The summed E-state index contributed by atoms with van der Waals surface area (Å²) in [6.07, 6.45) is 0. The Morgan fingerprint density at radius 2 is 1.23 bits per heavy atom. The van der Waals surface area contributed by atoms with Crippen LogP contribution in [-0.2, 0) is 0 Å². The van der Waals surface area contributed by atoms with Gasteiger partial charge in [0.25, 0.3) is 0 Å². The fraction of sp³-hybridized carbons (Fsp3) is 0.167. The topological polar surface area (TPSA) is 0 Å². The van der Waals surface area contributed by atoms with Crippen LogP contribution in [0.2, 0.25) is 0 Å². The van der Waals surface area contributed by atoms with Crippen molar-refractivity contribution in [1.29, 1.82) is 0 Å². The lowest BCUT2D eigenvalue weighted by Crippen LogP contribution is -1.86. The number of benzene rings is 1. The van der Waals surface area contributed by atoms with Gasteiger partial charge in [-0.15, -0.1) is 0 Å². The molecule has 0 aliphatic carbocycles. The maximum absolute atomic E-state index is 3.93. The first-order valence-corrected chi connectivity index (χ1v) is 4.03. The molecule has 0 heterocycles. The molecular formula is C12H14S. The van der Waals surface area contributed by atoms with Crippen molar-refractivity contribution in [1.82, 2.24) is 0 Å². The van der Waals surface area contributed by atoms with Gasteiger partial charge in [0.1, 0.15) is 0 Å². The van der Waals surface area contributed by atoms with Crippen LogP contribution >= 0.6 is 13.5 Å². The molecule has 0 saturated carbocycles. The van der Waals surface area contributed by atoms with Crippen LogP contribution in [0.5, 0.6) is 0 Å². The van der Waals surface area contributed by atoms with Crippen molar-refractivity contribution in [3.05, 3.63) is 48.6 Å². The molecule has 0 fully saturated rings. The number of hydrogen-bond donors (Lipinski definition) is 0. The van der Waals surface area contributed by atoms with Crippen molar-refractivity contribution in [3.8, 4) is 0 Å². The summed E-state index contributed by atoms with van der Waals surface area (Å²) in [5.74, 6) is 0. The third-order valence-corrected chi connectivity index (χ3v) is 1.85. The van der Waals surface area contributed by atoms with Crippen molar-refractivity contribution in [2.75, 3.05) is 0 Å². The zero-order chi connectivity index (χ0) is 9.14. The fourth-order valence-electron chi connectivity index (χ4n) is 1.23. The van der Waals surface area contributed by atoms with E-state index in [0.29, 0.717) is 0 Å². The standard InChI is InChI=1S/C12H14.S/c1-9(2)11-7-5-6-8-12(11)10(3)4;/h5-8H,1,3H2,2,4H3;. The summed E-state index contributed by atoms with van der Waals surface area (Å²) in [4.78, 5) is 0. The molecule has 0 unspecified atom stereocenters. The molecule has 0 saturated heterocycles. The van der Waals surface area contributed by atoms with Crippen LogP contribution in [0.4, 0.5) is 0 Å². The molecule has 68 valence electrons. The minimum atomic E-state index is 0. The zero-order valence-electron chi connectivity index (χ0n) is 8.13. The summed E-state index contributed by atoms with van der Waals surface area (Å²) in [5, 5.41) is 0. The normalized spacial score (nSPS) is 8.77. The average Bonchev–Trinajstić information content (AvgIpc) is 2.04. The second kappa shape index (κ2) is 4.93. The Balaban J connectivity index is 0.00000144. The van der Waals surface area contributed by atoms with Crippen LogP contribution in [0.15, 0.2) is 37.4 Å². The Morgan fingerprint density at radius 3 is 1.46 bits per heavy atom. The second-order valence-corrected chi connectivity index (χ2v) is 3.11. The molecule has 0 nitrogen and oxygen atoms in total. The van der Waals surface area contributed by atoms with Crippen LogP contribution in [0, 0.1) is 0 Å². The SMILES string of the molecule is C=C(C)c1ccccc1C(=C)C.[S]. The van der Waals surface area contributed by atoms with Gasteiger partial charge in [0.05, 0.1) is 0 Å². The molecule has 2 radical (unpaired) electrons. The minimum absolute atomic E-state index is 0. The van der Waals surface area contributed by atoms with Crippen LogP contribution in [0.3, 0.4) is 0 Å². The summed E-state index contributed by atoms with van der Waals surface area (Å²) in [6.45, 7) is 11.9. The summed E-state index contributed by atoms with van der Waals surface area (Å²) in [7, 11) is 0. The molecular weight excluding hydrogens is 176 g/mol. The lowest BCUT2D eigenvalue weighted by atomic mass is 9.98. The highest BCUT2D eigenvalue weighted by atomic mass is 32.1. The highest BCUT2D eigenvalue weighted by molar-refractivity contribution is 7.59. The Labute approximate surface area is 87.4 Å². The van der Waals surface area contributed by atoms with Gasteiger partial charge in [0, 0.05) is 13.5 Å². The first-order valence-electron chi connectivity index (χ1n) is 4.03. The molecule has 0 N–H and O–H groups in total. The molecule has 0 aliphatic rings. The molecule has 0 amide bonds. The Kier molecular flexibility index (Phi) is 4.57. The maximum atomic E-state index is 3.93. The Hall–Kier alpha value is -0.950. The van der Waals surface area contributed by atoms with Crippen molar-refractivity contribution in [3.63, 3.8) is 0 Å². The van der Waals surface area contributed by atoms with Gasteiger partial charge in [-0.3, -0.25) is 0 Å². The summed E-state index contributed by atoms with van der Waals surface area (Å²) in [6, 6.07) is 8.20.